The molecule has 0 aromatic carbocycles. The molecular formula is C15H29ClN2O4. The van der Waals surface area contributed by atoms with Gasteiger partial charge in [-0.3, -0.25) is 4.90 Å². The smallest absolute Gasteiger partial charge is 0.410 e. The molecule has 0 aromatic heterocycles. The molecule has 7 heteroatoms. The summed E-state index contributed by atoms with van der Waals surface area (Å²) in [6.07, 6.45) is 2.11. The zero-order chi connectivity index (χ0) is 17.3. The van der Waals surface area contributed by atoms with Crippen molar-refractivity contribution in [2.75, 3.05) is 32.6 Å². The van der Waals surface area contributed by atoms with Crippen LogP contribution in [-0.2, 0) is 9.53 Å². The molecule has 1 aliphatic rings. The zero-order valence-corrected chi connectivity index (χ0v) is 15.0. The minimum absolute atomic E-state index is 0.608. The normalized spacial score (nSPS) is 16.5. The van der Waals surface area contributed by atoms with Crippen LogP contribution >= 0.6 is 11.6 Å². The Balaban J connectivity index is 0.000000461. The number of carbonyl (C=O) groups is 2. The van der Waals surface area contributed by atoms with E-state index in [1.54, 1.807) is 20.8 Å². The van der Waals surface area contributed by atoms with Gasteiger partial charge >= 0.3 is 12.1 Å². The van der Waals surface area contributed by atoms with Crippen LogP contribution in [0.1, 0.15) is 40.5 Å². The van der Waals surface area contributed by atoms with Crippen molar-refractivity contribution in [2.45, 2.75) is 52.2 Å². The third-order valence-electron chi connectivity index (χ3n) is 3.22. The lowest BCUT2D eigenvalue weighted by Gasteiger charge is -2.26. The van der Waals surface area contributed by atoms with Crippen molar-refractivity contribution in [3.05, 3.63) is 0 Å². The highest BCUT2D eigenvalue weighted by Crippen LogP contribution is 2.10. The number of likely N-dealkylation sites (N-methyl/N-ethyl adjacent to an activating group) is 1. The molecule has 1 saturated heterocycles. The first-order valence-electron chi connectivity index (χ1n) is 7.55. The number of carbonyl (C=O) groups excluding carboxylic acids is 1. The van der Waals surface area contributed by atoms with E-state index >= 15 is 0 Å². The quantitative estimate of drug-likeness (QED) is 0.799. The van der Waals surface area contributed by atoms with Gasteiger partial charge in [0.25, 0.3) is 0 Å². The second-order valence-electron chi connectivity index (χ2n) is 6.34. The maximum Gasteiger partial charge on any atom is 0.410 e. The van der Waals surface area contributed by atoms with Crippen molar-refractivity contribution >= 4 is 23.7 Å². The minimum atomic E-state index is -1.06. The van der Waals surface area contributed by atoms with E-state index in [0.29, 0.717) is 0 Å². The summed E-state index contributed by atoms with van der Waals surface area (Å²) in [6, 6.07) is -0.884. The number of carboxylic acids is 1. The minimum Gasteiger partial charge on any atom is -0.480 e. The zero-order valence-electron chi connectivity index (χ0n) is 14.3. The summed E-state index contributed by atoms with van der Waals surface area (Å²) in [4.78, 5) is 25.4. The van der Waals surface area contributed by atoms with Gasteiger partial charge in [-0.25, -0.2) is 9.59 Å². The Morgan fingerprint density at radius 2 is 1.82 bits per heavy atom. The third-order valence-corrected chi connectivity index (χ3v) is 3.39. The van der Waals surface area contributed by atoms with E-state index in [1.807, 2.05) is 0 Å². The number of halogens is 1. The highest BCUT2D eigenvalue weighted by atomic mass is 35.5. The number of hydrogen-bond donors (Lipinski definition) is 1. The molecule has 0 bridgehead atoms. The van der Waals surface area contributed by atoms with E-state index < -0.39 is 23.7 Å². The molecule has 1 atom stereocenters. The molecule has 0 saturated carbocycles. The number of alkyl halides is 1. The maximum atomic E-state index is 11.3. The topological polar surface area (TPSA) is 70.1 Å². The van der Waals surface area contributed by atoms with E-state index in [1.165, 1.54) is 39.9 Å². The molecule has 1 heterocycles. The van der Waals surface area contributed by atoms with Crippen LogP contribution in [-0.4, -0.2) is 71.2 Å². The van der Waals surface area contributed by atoms with Crippen LogP contribution in [0.3, 0.4) is 0 Å². The summed E-state index contributed by atoms with van der Waals surface area (Å²) in [6.45, 7) is 10.2. The SMILES string of the molecule is C[C@@H](C(=O)O)N(C)C(=O)OC(C)(C)C.ClCCN1CCCC1. The molecule has 1 fully saturated rings. The predicted molar refractivity (Wildman–Crippen MR) is 87.5 cm³/mol. The molecule has 0 radical (unpaired) electrons. The fourth-order valence-electron chi connectivity index (χ4n) is 1.78. The number of hydrogen-bond acceptors (Lipinski definition) is 4. The fraction of sp³-hybridized carbons (Fsp3) is 0.867. The molecule has 0 aliphatic carbocycles. The Morgan fingerprint density at radius 3 is 2.18 bits per heavy atom. The van der Waals surface area contributed by atoms with E-state index in [4.69, 9.17) is 21.4 Å². The van der Waals surface area contributed by atoms with Crippen molar-refractivity contribution in [1.82, 2.24) is 9.80 Å². The molecule has 1 aliphatic heterocycles. The van der Waals surface area contributed by atoms with E-state index in [9.17, 15) is 9.59 Å². The Labute approximate surface area is 138 Å². The molecule has 22 heavy (non-hydrogen) atoms. The van der Waals surface area contributed by atoms with Crippen LogP contribution in [0.2, 0.25) is 0 Å². The van der Waals surface area contributed by atoms with Gasteiger partial charge in [-0.1, -0.05) is 0 Å². The van der Waals surface area contributed by atoms with Gasteiger partial charge in [0.1, 0.15) is 11.6 Å². The van der Waals surface area contributed by atoms with E-state index in [2.05, 4.69) is 4.90 Å². The molecule has 130 valence electrons. The van der Waals surface area contributed by atoms with Crippen LogP contribution in [0, 0.1) is 0 Å². The summed E-state index contributed by atoms with van der Waals surface area (Å²) in [5.74, 6) is -0.265. The summed E-state index contributed by atoms with van der Waals surface area (Å²) < 4.78 is 4.99. The molecule has 0 aromatic rings. The molecular weight excluding hydrogens is 308 g/mol. The summed E-state index contributed by atoms with van der Waals surface area (Å²) in [7, 11) is 1.40. The molecule has 1 amide bonds. The third kappa shape index (κ3) is 9.10. The van der Waals surface area contributed by atoms with Crippen molar-refractivity contribution in [3.8, 4) is 0 Å². The van der Waals surface area contributed by atoms with Crippen LogP contribution in [0.4, 0.5) is 4.79 Å². The summed E-state index contributed by atoms with van der Waals surface area (Å²) >= 11 is 5.54. The second-order valence-corrected chi connectivity index (χ2v) is 6.72. The maximum absolute atomic E-state index is 11.3. The number of rotatable bonds is 4. The van der Waals surface area contributed by atoms with Crippen molar-refractivity contribution in [3.63, 3.8) is 0 Å². The first-order chi connectivity index (χ1) is 10.1. The molecule has 6 nitrogen and oxygen atoms in total. The van der Waals surface area contributed by atoms with Gasteiger partial charge in [-0.2, -0.15) is 0 Å². The van der Waals surface area contributed by atoms with Gasteiger partial charge in [-0.05, 0) is 53.6 Å². The van der Waals surface area contributed by atoms with Crippen LogP contribution in [0.25, 0.3) is 0 Å². The Morgan fingerprint density at radius 1 is 1.32 bits per heavy atom. The molecule has 1 rings (SSSR count). The number of likely N-dealkylation sites (tertiary alicyclic amines) is 1. The van der Waals surface area contributed by atoms with Gasteiger partial charge in [0.05, 0.1) is 0 Å². The van der Waals surface area contributed by atoms with E-state index in [-0.39, 0.29) is 0 Å². The summed E-state index contributed by atoms with van der Waals surface area (Å²) in [5.41, 5.74) is -0.608. The summed E-state index contributed by atoms with van der Waals surface area (Å²) in [5, 5.41) is 8.65. The lowest BCUT2D eigenvalue weighted by atomic mass is 10.2. The number of ether oxygens (including phenoxy) is 1. The largest absolute Gasteiger partial charge is 0.480 e. The Hall–Kier alpha value is -1.01. The highest BCUT2D eigenvalue weighted by molar-refractivity contribution is 6.18. The molecule has 0 spiro atoms. The van der Waals surface area contributed by atoms with Crippen molar-refractivity contribution in [1.29, 1.82) is 0 Å². The van der Waals surface area contributed by atoms with Gasteiger partial charge in [0, 0.05) is 19.5 Å². The lowest BCUT2D eigenvalue weighted by molar-refractivity contribution is -0.141. The van der Waals surface area contributed by atoms with Crippen molar-refractivity contribution < 1.29 is 19.4 Å². The van der Waals surface area contributed by atoms with Crippen molar-refractivity contribution in [2.24, 2.45) is 0 Å². The average molecular weight is 337 g/mol. The number of aliphatic carboxylic acids is 1. The number of nitrogens with zero attached hydrogens (tertiary/aromatic N) is 2. The standard InChI is InChI=1S/C9H17NO4.C6H12ClN/c1-6(7(11)12)10(5)8(13)14-9(2,3)4;7-3-6-8-4-1-2-5-8/h6H,1-5H3,(H,11,12);1-6H2/t6-;/m0./s1. The van der Waals surface area contributed by atoms with Crippen LogP contribution in [0.5, 0.6) is 0 Å². The Bertz CT molecular complexity index is 352. The molecule has 0 unspecified atom stereocenters. The molecule has 1 N–H and O–H groups in total. The number of carboxylic acid groups (broad SMARTS) is 1. The second kappa shape index (κ2) is 9.90. The monoisotopic (exact) mass is 336 g/mol. The first kappa shape index (κ1) is 21.0. The number of amides is 1. The fourth-order valence-corrected chi connectivity index (χ4v) is 2.02. The predicted octanol–water partition coefficient (Wildman–Crippen LogP) is 2.65. The van der Waals surface area contributed by atoms with Gasteiger partial charge in [-0.15, -0.1) is 11.6 Å². The van der Waals surface area contributed by atoms with Gasteiger partial charge in [0.2, 0.25) is 0 Å². The Kier molecular flexibility index (Phi) is 9.44. The lowest BCUT2D eigenvalue weighted by Crippen LogP contribution is -2.43. The van der Waals surface area contributed by atoms with Crippen LogP contribution < -0.4 is 0 Å². The van der Waals surface area contributed by atoms with E-state index in [0.717, 1.165) is 17.3 Å². The highest BCUT2D eigenvalue weighted by Gasteiger charge is 2.26. The first-order valence-corrected chi connectivity index (χ1v) is 8.09. The van der Waals surface area contributed by atoms with Gasteiger partial charge in [0.15, 0.2) is 0 Å². The van der Waals surface area contributed by atoms with Crippen LogP contribution in [0.15, 0.2) is 0 Å². The average Bonchev–Trinajstić information content (AvgIpc) is 2.89. The van der Waals surface area contributed by atoms with Gasteiger partial charge < -0.3 is 14.7 Å².